The molecule has 3 rings (SSSR count). The predicted octanol–water partition coefficient (Wildman–Crippen LogP) is 4.89. The molecular formula is C27H39NO8. The number of esters is 1. The number of methoxy groups -OCH3 is 1. The van der Waals surface area contributed by atoms with E-state index < -0.39 is 41.7 Å². The van der Waals surface area contributed by atoms with Crippen LogP contribution >= 0.6 is 0 Å². The van der Waals surface area contributed by atoms with E-state index in [-0.39, 0.29) is 12.5 Å². The highest BCUT2D eigenvalue weighted by Crippen LogP contribution is 2.35. The molecule has 0 radical (unpaired) electrons. The maximum atomic E-state index is 13.2. The number of likely N-dealkylation sites (tertiary alicyclic amines) is 1. The zero-order chi connectivity index (χ0) is 26.7. The molecule has 200 valence electrons. The van der Waals surface area contributed by atoms with Crippen molar-refractivity contribution in [2.45, 2.75) is 96.7 Å². The van der Waals surface area contributed by atoms with E-state index in [4.69, 9.17) is 23.7 Å². The first kappa shape index (κ1) is 27.6. The number of amides is 1. The van der Waals surface area contributed by atoms with Crippen molar-refractivity contribution < 1.29 is 38.1 Å². The van der Waals surface area contributed by atoms with Crippen molar-refractivity contribution in [3.63, 3.8) is 0 Å². The summed E-state index contributed by atoms with van der Waals surface area (Å²) in [5.41, 5.74) is -0.596. The summed E-state index contributed by atoms with van der Waals surface area (Å²) >= 11 is 0. The molecule has 1 saturated carbocycles. The van der Waals surface area contributed by atoms with Crippen LogP contribution in [0.1, 0.15) is 66.4 Å². The lowest BCUT2D eigenvalue weighted by atomic mass is 10.0. The average molecular weight is 506 g/mol. The van der Waals surface area contributed by atoms with Crippen LogP contribution in [0.25, 0.3) is 0 Å². The van der Waals surface area contributed by atoms with Crippen LogP contribution in [0.5, 0.6) is 5.75 Å². The van der Waals surface area contributed by atoms with Gasteiger partial charge in [0.15, 0.2) is 12.2 Å². The number of benzene rings is 1. The smallest absolute Gasteiger partial charge is 0.497 e. The Bertz CT molecular complexity index is 927. The van der Waals surface area contributed by atoms with E-state index in [1.54, 1.807) is 48.7 Å². The van der Waals surface area contributed by atoms with Gasteiger partial charge >= 0.3 is 18.2 Å². The first-order valence-corrected chi connectivity index (χ1v) is 12.5. The molecule has 0 unspecified atom stereocenters. The number of rotatable bonds is 7. The Morgan fingerprint density at radius 1 is 0.917 bits per heavy atom. The van der Waals surface area contributed by atoms with Gasteiger partial charge in [0, 0.05) is 6.42 Å². The number of carbonyl (C=O) groups is 3. The van der Waals surface area contributed by atoms with Gasteiger partial charge in [-0.3, -0.25) is 9.69 Å². The minimum atomic E-state index is -0.904. The van der Waals surface area contributed by atoms with Gasteiger partial charge < -0.3 is 23.7 Å². The number of hydrogen-bond acceptors (Lipinski definition) is 8. The van der Waals surface area contributed by atoms with Crippen LogP contribution in [0, 0.1) is 5.92 Å². The molecule has 1 aromatic rings. The fourth-order valence-corrected chi connectivity index (χ4v) is 4.03. The normalized spacial score (nSPS) is 22.1. The molecule has 0 aromatic heterocycles. The monoisotopic (exact) mass is 505 g/mol. The molecule has 0 N–H and O–H groups in total. The fraction of sp³-hybridized carbons (Fsp3) is 0.667. The second-order valence-electron chi connectivity index (χ2n) is 11.5. The molecule has 3 atom stereocenters. The minimum Gasteiger partial charge on any atom is -0.497 e. The van der Waals surface area contributed by atoms with E-state index in [2.05, 4.69) is 0 Å². The van der Waals surface area contributed by atoms with Gasteiger partial charge in [0.05, 0.1) is 19.7 Å². The molecule has 0 bridgehead atoms. The number of carbonyl (C=O) groups excluding carboxylic acids is 3. The summed E-state index contributed by atoms with van der Waals surface area (Å²) in [7, 11) is 1.59. The Labute approximate surface area is 213 Å². The largest absolute Gasteiger partial charge is 0.509 e. The fourth-order valence-electron chi connectivity index (χ4n) is 4.03. The van der Waals surface area contributed by atoms with Gasteiger partial charge in [-0.15, -0.1) is 0 Å². The summed E-state index contributed by atoms with van der Waals surface area (Å²) in [5.74, 6) is 0.657. The van der Waals surface area contributed by atoms with Crippen molar-refractivity contribution in [3.8, 4) is 5.75 Å². The molecule has 1 saturated heterocycles. The summed E-state index contributed by atoms with van der Waals surface area (Å²) in [6.07, 6.45) is -0.578. The maximum Gasteiger partial charge on any atom is 0.509 e. The van der Waals surface area contributed by atoms with E-state index >= 15 is 0 Å². The van der Waals surface area contributed by atoms with E-state index in [0.717, 1.165) is 18.4 Å². The average Bonchev–Trinajstić information content (AvgIpc) is 3.49. The van der Waals surface area contributed by atoms with Gasteiger partial charge in [0.1, 0.15) is 17.0 Å². The minimum absolute atomic E-state index is 0.0103. The van der Waals surface area contributed by atoms with Crippen LogP contribution in [0.15, 0.2) is 24.3 Å². The molecule has 2 fully saturated rings. The lowest BCUT2D eigenvalue weighted by Gasteiger charge is -2.30. The van der Waals surface area contributed by atoms with Crippen molar-refractivity contribution in [3.05, 3.63) is 29.8 Å². The van der Waals surface area contributed by atoms with Crippen molar-refractivity contribution in [1.82, 2.24) is 4.90 Å². The van der Waals surface area contributed by atoms with Crippen LogP contribution < -0.4 is 4.74 Å². The Balaban J connectivity index is 1.89. The highest BCUT2D eigenvalue weighted by atomic mass is 16.7. The van der Waals surface area contributed by atoms with Gasteiger partial charge in [-0.2, -0.15) is 0 Å². The Morgan fingerprint density at radius 3 is 2.06 bits per heavy atom. The quantitative estimate of drug-likeness (QED) is 0.381. The Kier molecular flexibility index (Phi) is 8.41. The van der Waals surface area contributed by atoms with E-state index in [9.17, 15) is 14.4 Å². The second-order valence-corrected chi connectivity index (χ2v) is 11.5. The topological polar surface area (TPSA) is 101 Å². The summed E-state index contributed by atoms with van der Waals surface area (Å²) < 4.78 is 27.7. The summed E-state index contributed by atoms with van der Waals surface area (Å²) in [6, 6.07) is 6.81. The van der Waals surface area contributed by atoms with E-state index in [1.807, 2.05) is 24.3 Å². The van der Waals surface area contributed by atoms with Gasteiger partial charge in [0.2, 0.25) is 0 Å². The van der Waals surface area contributed by atoms with Crippen LogP contribution in [0.2, 0.25) is 0 Å². The zero-order valence-corrected chi connectivity index (χ0v) is 22.4. The van der Waals surface area contributed by atoms with Gasteiger partial charge in [-0.05, 0) is 84.4 Å². The van der Waals surface area contributed by atoms with Crippen molar-refractivity contribution in [2.75, 3.05) is 13.7 Å². The summed E-state index contributed by atoms with van der Waals surface area (Å²) in [6.45, 7) is 10.5. The van der Waals surface area contributed by atoms with Crippen LogP contribution in [-0.4, -0.2) is 66.2 Å². The molecule has 9 heteroatoms. The van der Waals surface area contributed by atoms with Crippen molar-refractivity contribution >= 4 is 18.2 Å². The highest BCUT2D eigenvalue weighted by molar-refractivity contribution is 5.72. The van der Waals surface area contributed by atoms with Crippen LogP contribution in [-0.2, 0) is 30.2 Å². The van der Waals surface area contributed by atoms with Gasteiger partial charge in [0.25, 0.3) is 0 Å². The zero-order valence-electron chi connectivity index (χ0n) is 22.4. The molecule has 0 spiro atoms. The van der Waals surface area contributed by atoms with Crippen LogP contribution in [0.4, 0.5) is 9.59 Å². The maximum absolute atomic E-state index is 13.2. The molecular weight excluding hydrogens is 466 g/mol. The molecule has 2 aliphatic rings. The first-order chi connectivity index (χ1) is 16.7. The molecule has 1 amide bonds. The number of nitrogens with zero attached hydrogens (tertiary/aromatic N) is 1. The number of ether oxygens (including phenoxy) is 5. The standard InChI is InChI=1S/C27H39NO8/c1-26(2,3)35-24(30)28-16-21(33-25(31)36-27(4,5)6)23(34-22(29)15-18-8-9-18)20(28)14-17-10-12-19(32-7)13-11-17/h10-13,18,20-21,23H,8-9,14-16H2,1-7H3/t20-,21+,23+/m1/s1. The molecule has 1 aromatic carbocycles. The molecule has 1 aliphatic heterocycles. The van der Waals surface area contributed by atoms with Crippen molar-refractivity contribution in [1.29, 1.82) is 0 Å². The second kappa shape index (κ2) is 11.0. The predicted molar refractivity (Wildman–Crippen MR) is 132 cm³/mol. The van der Waals surface area contributed by atoms with E-state index in [0.29, 0.717) is 24.5 Å². The molecule has 1 aliphatic carbocycles. The molecule has 36 heavy (non-hydrogen) atoms. The third-order valence-electron chi connectivity index (χ3n) is 5.81. The highest BCUT2D eigenvalue weighted by Gasteiger charge is 2.50. The van der Waals surface area contributed by atoms with Gasteiger partial charge in [-0.1, -0.05) is 12.1 Å². The third kappa shape index (κ3) is 8.31. The SMILES string of the molecule is COc1ccc(C[C@@H]2[C@H](OC(=O)CC3CC3)[C@@H](OC(=O)OC(C)(C)C)CN2C(=O)OC(C)(C)C)cc1. The lowest BCUT2D eigenvalue weighted by Crippen LogP contribution is -2.45. The first-order valence-electron chi connectivity index (χ1n) is 12.5. The Hall–Kier alpha value is -2.97. The van der Waals surface area contributed by atoms with Gasteiger partial charge in [-0.25, -0.2) is 9.59 Å². The Morgan fingerprint density at radius 2 is 1.53 bits per heavy atom. The summed E-state index contributed by atoms with van der Waals surface area (Å²) in [5, 5.41) is 0. The molecule has 9 nitrogen and oxygen atoms in total. The van der Waals surface area contributed by atoms with E-state index in [1.165, 1.54) is 4.90 Å². The lowest BCUT2D eigenvalue weighted by molar-refractivity contribution is -0.156. The van der Waals surface area contributed by atoms with Crippen molar-refractivity contribution in [2.24, 2.45) is 5.92 Å². The van der Waals surface area contributed by atoms with Crippen LogP contribution in [0.3, 0.4) is 0 Å². The summed E-state index contributed by atoms with van der Waals surface area (Å²) in [4.78, 5) is 40.0. The third-order valence-corrected chi connectivity index (χ3v) is 5.81. The molecule has 1 heterocycles. The number of hydrogen-bond donors (Lipinski definition) is 0.